The largest absolute Gasteiger partial charge is 0.508 e. The highest BCUT2D eigenvalue weighted by Gasteiger charge is 2.41. The third kappa shape index (κ3) is 40.9. The highest BCUT2D eigenvalue weighted by atomic mass is 32.2. The molecule has 1 saturated heterocycles. The molecule has 1 aliphatic heterocycles. The number of ketones is 8. The summed E-state index contributed by atoms with van der Waals surface area (Å²) in [7, 11) is 0. The van der Waals surface area contributed by atoms with Crippen LogP contribution in [0.3, 0.4) is 0 Å². The van der Waals surface area contributed by atoms with Gasteiger partial charge in [0.1, 0.15) is 29.1 Å². The van der Waals surface area contributed by atoms with Gasteiger partial charge in [-0.2, -0.15) is 0 Å². The Morgan fingerprint density at radius 3 is 1.40 bits per heavy atom. The number of phenols is 2. The molecule has 16 atom stereocenters. The molecule has 9 amide bonds. The predicted octanol–water partition coefficient (Wildman–Crippen LogP) is 2.21. The quantitative estimate of drug-likeness (QED) is 0.0284. The van der Waals surface area contributed by atoms with Gasteiger partial charge in [-0.05, 0) is 131 Å². The second-order valence-electron chi connectivity index (χ2n) is 34.2. The first kappa shape index (κ1) is 112. The van der Waals surface area contributed by atoms with Crippen LogP contribution in [0.4, 0.5) is 0 Å². The van der Waals surface area contributed by atoms with E-state index in [1.54, 1.807) is 65.0 Å². The van der Waals surface area contributed by atoms with Gasteiger partial charge in [0, 0.05) is 95.1 Å². The number of aromatic hydroxyl groups is 2. The van der Waals surface area contributed by atoms with E-state index in [1.165, 1.54) is 48.5 Å². The van der Waals surface area contributed by atoms with E-state index in [9.17, 15) is 142 Å². The van der Waals surface area contributed by atoms with Crippen LogP contribution in [0.1, 0.15) is 194 Å². The third-order valence-corrected chi connectivity index (χ3v) is 23.7. The van der Waals surface area contributed by atoms with Gasteiger partial charge in [0.2, 0.25) is 53.2 Å². The number of hydrogen-bond acceptors (Lipinski definition) is 28. The summed E-state index contributed by atoms with van der Waals surface area (Å²) < 4.78 is 0. The number of carbonyl (C=O) groups excluding carboxylic acids is 17. The maximum atomic E-state index is 14.8. The Bertz CT molecular complexity index is 4400. The minimum absolute atomic E-state index is 0.0196. The van der Waals surface area contributed by atoms with Crippen molar-refractivity contribution in [3.8, 4) is 11.5 Å². The molecule has 0 aliphatic carbocycles. The van der Waals surface area contributed by atoms with Crippen LogP contribution >= 0.6 is 11.8 Å². The number of aliphatic hydroxyl groups is 4. The number of nitrogens with zero attached hydrogens (tertiary/aromatic N) is 1. The average molecular weight is 1860 g/mol. The number of nitrogens with two attached hydrogens (primary N) is 1. The molecule has 0 unspecified atom stereocenters. The van der Waals surface area contributed by atoms with Gasteiger partial charge in [-0.15, -0.1) is 11.8 Å². The van der Waals surface area contributed by atoms with Crippen LogP contribution in [0.2, 0.25) is 0 Å². The number of benzene rings is 3. The van der Waals surface area contributed by atoms with Crippen LogP contribution in [-0.2, 0) is 115 Å². The molecule has 3 aromatic rings. The standard InChI is InChI=1S/C92H129N9O29S/c1-8-52(4)85(79(115)40-60(34-57-19-24-64(106)25-20-57)88(126)96-71(33-51(2)3)75(111)38-61(42-83(120)121)87(125)95-53(5)15-12-13-31-93)100-90(128)63(47-102)41-76(112)72(36-58-21-26-65(107)27-22-58)97-89(127)62(43-84(122)123)39-77(113)74(48-103)99-92(130)70(55(7)105)45-78(114)73(35-56-16-10-9-11-17-56)98-91(129)69(54(6)104)44-67(109)46-94-86(124)59(23-30-82(118)119)37-68(110)50-131-49-66(108)18-14-32-101-80(116)28-29-81(101)117/h9-11,16-17,19-22,24-27,51-55,59-63,69-74,85,102-107H,8,12-15,18,23,28-50,93H2,1-7H3,(H,94,124)(H,95,125)(H,96,126)(H,97,127)(H,98,129)(H,99,130)(H,100,128)(H,118,119)(H,120,121)(H,122,123)/t52-,53+,54+,55+,59+,60+,61-,62-,63-,69-,70-,71-,72-,73-,74-,85-/m0/s1. The van der Waals surface area contributed by atoms with Gasteiger partial charge in [0.15, 0.2) is 34.7 Å². The summed E-state index contributed by atoms with van der Waals surface area (Å²) in [6.45, 7) is 8.19. The van der Waals surface area contributed by atoms with Crippen LogP contribution in [0.15, 0.2) is 78.9 Å². The number of likely N-dealkylation sites (tertiary alicyclic amines) is 1. The van der Waals surface area contributed by atoms with Crippen molar-refractivity contribution >= 4 is 129 Å². The fourth-order valence-corrected chi connectivity index (χ4v) is 15.7. The number of rotatable bonds is 67. The number of aliphatic hydroxyl groups excluding tert-OH is 4. The molecule has 1 aliphatic rings. The Morgan fingerprint density at radius 2 is 0.885 bits per heavy atom. The molecule has 3 aromatic carbocycles. The molecule has 131 heavy (non-hydrogen) atoms. The first-order valence-corrected chi connectivity index (χ1v) is 45.3. The van der Waals surface area contributed by atoms with E-state index in [2.05, 4.69) is 37.2 Å². The Labute approximate surface area is 764 Å². The number of amides is 9. The fraction of sp³-hybridized carbons (Fsp3) is 0.587. The minimum atomic E-state index is -2.00. The van der Waals surface area contributed by atoms with Crippen molar-refractivity contribution < 1.29 is 142 Å². The number of aliphatic carboxylic acids is 3. The molecule has 1 fully saturated rings. The number of carboxylic acids is 3. The highest BCUT2D eigenvalue weighted by Crippen LogP contribution is 2.27. The lowest BCUT2D eigenvalue weighted by Gasteiger charge is -2.28. The van der Waals surface area contributed by atoms with Crippen LogP contribution in [0.25, 0.3) is 0 Å². The zero-order chi connectivity index (χ0) is 97.9. The first-order valence-electron chi connectivity index (χ1n) is 44.1. The molecule has 0 radical (unpaired) electrons. The summed E-state index contributed by atoms with van der Waals surface area (Å²) in [5.74, 6) is -30.8. The van der Waals surface area contributed by atoms with Crippen molar-refractivity contribution in [3.63, 3.8) is 0 Å². The van der Waals surface area contributed by atoms with E-state index < -0.39 is 286 Å². The van der Waals surface area contributed by atoms with Gasteiger partial charge in [-0.3, -0.25) is 101 Å². The van der Waals surface area contributed by atoms with E-state index in [4.69, 9.17) is 5.73 Å². The number of phenolic OH excluding ortho intramolecular Hbond substituents is 2. The molecule has 18 N–H and O–H groups in total. The van der Waals surface area contributed by atoms with Crippen molar-refractivity contribution in [2.75, 3.05) is 44.4 Å². The number of hydrogen-bond donors (Lipinski definition) is 17. The average Bonchev–Trinajstić information content (AvgIpc) is 1.01. The lowest BCUT2D eigenvalue weighted by molar-refractivity contribution is -0.143. The van der Waals surface area contributed by atoms with Gasteiger partial charge in [0.25, 0.3) is 0 Å². The summed E-state index contributed by atoms with van der Waals surface area (Å²) >= 11 is 0.939. The summed E-state index contributed by atoms with van der Waals surface area (Å²) in [4.78, 5) is 272. The zero-order valence-corrected chi connectivity index (χ0v) is 76.0. The lowest BCUT2D eigenvalue weighted by atomic mass is 9.85. The normalized spacial score (nSPS) is 15.7. The Balaban J connectivity index is 1.53. The van der Waals surface area contributed by atoms with E-state index >= 15 is 0 Å². The molecule has 0 aromatic heterocycles. The number of carboxylic acid groups (broad SMARTS) is 3. The molecule has 0 saturated carbocycles. The number of Topliss-reactive ketones (excluding diaryl/α,β-unsaturated/α-hetero) is 8. The summed E-state index contributed by atoms with van der Waals surface area (Å²) in [5.41, 5.74) is 6.76. The van der Waals surface area contributed by atoms with Crippen LogP contribution in [0.5, 0.6) is 11.5 Å². The zero-order valence-electron chi connectivity index (χ0n) is 75.2. The van der Waals surface area contributed by atoms with E-state index in [0.717, 1.165) is 30.5 Å². The maximum absolute atomic E-state index is 14.8. The lowest BCUT2D eigenvalue weighted by Crippen LogP contribution is -2.52. The second kappa shape index (κ2) is 57.7. The molecular formula is C92H129N9O29S. The topological polar surface area (TPSA) is 637 Å². The molecule has 1 heterocycles. The van der Waals surface area contributed by atoms with Crippen LogP contribution < -0.4 is 43.0 Å². The Morgan fingerprint density at radius 1 is 0.427 bits per heavy atom. The fourth-order valence-electron chi connectivity index (χ4n) is 14.9. The van der Waals surface area contributed by atoms with E-state index in [-0.39, 0.29) is 116 Å². The molecule has 39 heteroatoms. The van der Waals surface area contributed by atoms with Gasteiger partial charge in [0.05, 0.1) is 110 Å². The van der Waals surface area contributed by atoms with E-state index in [1.807, 2.05) is 0 Å². The van der Waals surface area contributed by atoms with Crippen LogP contribution in [0, 0.1) is 53.3 Å². The van der Waals surface area contributed by atoms with Gasteiger partial charge in [-0.1, -0.05) is 95.1 Å². The Hall–Kier alpha value is -11.4. The van der Waals surface area contributed by atoms with Gasteiger partial charge < -0.3 is 88.9 Å². The summed E-state index contributed by atoms with van der Waals surface area (Å²) in [5, 5.41) is 111. The summed E-state index contributed by atoms with van der Waals surface area (Å²) in [6, 6.07) is 10.4. The third-order valence-electron chi connectivity index (χ3n) is 22.7. The SMILES string of the molecule is CC[C@H](C)[C@H](NC(=O)[C@H](CO)CC(=O)[C@H](Cc1ccc(O)cc1)NC(=O)[C@H](CC(=O)O)CC(=O)[C@H](CO)NC(=O)[C@@H](CC(=O)[C@H](Cc1ccccc1)NC(=O)[C@@H](CC(=O)CNC(=O)[C@H](CCC(=O)O)CC(=O)CSCC(=O)CCCN1C(=O)CCC1=O)[C@@H](C)O)[C@@H](C)O)C(=O)C[C@@H](Cc1ccc(O)cc1)C(=O)N[C@@H](CC(C)C)C(=O)C[C@@H](CC(=O)O)C(=O)N[C@H](C)CCCCN. The molecule has 722 valence electrons. The molecule has 38 nitrogen and oxygen atoms in total. The number of imide groups is 1. The number of thioether (sulfide) groups is 1. The summed E-state index contributed by atoms with van der Waals surface area (Å²) in [6.07, 6.45) is -9.81. The van der Waals surface area contributed by atoms with Crippen molar-refractivity contribution in [1.82, 2.24) is 42.1 Å². The first-order chi connectivity index (χ1) is 61.9. The molecular weight excluding hydrogens is 1730 g/mol. The highest BCUT2D eigenvalue weighted by molar-refractivity contribution is 8.00. The Kier molecular flexibility index (Phi) is 49.3. The number of nitrogens with one attached hydrogen (secondary N) is 7. The van der Waals surface area contributed by atoms with Crippen molar-refractivity contribution in [3.05, 3.63) is 95.6 Å². The van der Waals surface area contributed by atoms with Crippen LogP contribution in [-0.4, -0.2) is 261 Å². The van der Waals surface area contributed by atoms with Crippen molar-refractivity contribution in [2.24, 2.45) is 59.0 Å². The minimum Gasteiger partial charge on any atom is -0.508 e. The second-order valence-corrected chi connectivity index (χ2v) is 35.2. The smallest absolute Gasteiger partial charge is 0.304 e. The monoisotopic (exact) mass is 1860 g/mol. The van der Waals surface area contributed by atoms with Crippen molar-refractivity contribution in [1.29, 1.82) is 0 Å². The van der Waals surface area contributed by atoms with Gasteiger partial charge >= 0.3 is 17.9 Å². The van der Waals surface area contributed by atoms with Crippen molar-refractivity contribution in [2.45, 2.75) is 245 Å². The predicted molar refractivity (Wildman–Crippen MR) is 474 cm³/mol. The van der Waals surface area contributed by atoms with E-state index in [0.29, 0.717) is 36.9 Å². The number of unbranched alkanes of at least 4 members (excludes halogenated alkanes) is 1. The molecule has 4 rings (SSSR count). The molecule has 0 spiro atoms. The molecule has 0 bridgehead atoms. The maximum Gasteiger partial charge on any atom is 0.304 e. The van der Waals surface area contributed by atoms with Gasteiger partial charge in [-0.25, -0.2) is 0 Å². The number of carbonyl (C=O) groups is 20.